The molecule has 0 aliphatic heterocycles. The lowest BCUT2D eigenvalue weighted by atomic mass is 9.90. The minimum atomic E-state index is 0.0650. The van der Waals surface area contributed by atoms with Gasteiger partial charge in [0.1, 0.15) is 5.82 Å². The molecule has 0 saturated carbocycles. The number of benzene rings is 4. The fourth-order valence-corrected chi connectivity index (χ4v) is 4.30. The van der Waals surface area contributed by atoms with Crippen molar-refractivity contribution in [3.63, 3.8) is 0 Å². The van der Waals surface area contributed by atoms with Crippen LogP contribution in [0.5, 0.6) is 0 Å². The lowest BCUT2D eigenvalue weighted by molar-refractivity contribution is 0.723. The number of rotatable bonds is 5. The molecule has 0 fully saturated rings. The molecule has 0 saturated heterocycles. The summed E-state index contributed by atoms with van der Waals surface area (Å²) in [5, 5.41) is 0. The quantitative estimate of drug-likeness (QED) is 0.279. The summed E-state index contributed by atoms with van der Waals surface area (Å²) in [5.41, 5.74) is 5.93. The summed E-state index contributed by atoms with van der Waals surface area (Å²) in [6.45, 7) is 0.777. The minimum Gasteiger partial charge on any atom is -0.323 e. The van der Waals surface area contributed by atoms with Crippen molar-refractivity contribution in [2.24, 2.45) is 0 Å². The molecule has 0 bridgehead atoms. The van der Waals surface area contributed by atoms with Crippen molar-refractivity contribution in [1.29, 1.82) is 0 Å². The second kappa shape index (κ2) is 8.29. The molecule has 0 aliphatic carbocycles. The summed E-state index contributed by atoms with van der Waals surface area (Å²) >= 11 is 3.54. The molecule has 146 valence electrons. The van der Waals surface area contributed by atoms with Crippen LogP contribution in [0.2, 0.25) is 0 Å². The van der Waals surface area contributed by atoms with Crippen molar-refractivity contribution < 1.29 is 0 Å². The highest BCUT2D eigenvalue weighted by atomic mass is 79.9. The monoisotopic (exact) mass is 452 g/mol. The Morgan fingerprint density at radius 1 is 0.667 bits per heavy atom. The van der Waals surface area contributed by atoms with Gasteiger partial charge in [-0.1, -0.05) is 101 Å². The summed E-state index contributed by atoms with van der Waals surface area (Å²) < 4.78 is 3.46. The smallest absolute Gasteiger partial charge is 0.122 e. The number of fused-ring (bicyclic) bond motifs is 1. The van der Waals surface area contributed by atoms with Gasteiger partial charge in [0.15, 0.2) is 0 Å². The van der Waals surface area contributed by atoms with E-state index in [4.69, 9.17) is 4.98 Å². The van der Waals surface area contributed by atoms with Crippen LogP contribution in [0.1, 0.15) is 28.4 Å². The molecule has 0 unspecified atom stereocenters. The van der Waals surface area contributed by atoms with Gasteiger partial charge in [-0.25, -0.2) is 4.98 Å². The summed E-state index contributed by atoms with van der Waals surface area (Å²) in [6.07, 6.45) is 0. The molecule has 0 amide bonds. The van der Waals surface area contributed by atoms with Crippen molar-refractivity contribution in [3.05, 3.63) is 136 Å². The van der Waals surface area contributed by atoms with Crippen LogP contribution < -0.4 is 0 Å². The fourth-order valence-electron chi connectivity index (χ4n) is 4.03. The Bertz CT molecular complexity index is 1220. The lowest BCUT2D eigenvalue weighted by Crippen LogP contribution is -2.13. The Hall–Kier alpha value is -3.17. The first-order valence-corrected chi connectivity index (χ1v) is 10.9. The van der Waals surface area contributed by atoms with E-state index in [1.807, 2.05) is 0 Å². The first-order chi connectivity index (χ1) is 14.8. The maximum atomic E-state index is 5.13. The van der Waals surface area contributed by atoms with Gasteiger partial charge in [-0.15, -0.1) is 0 Å². The maximum absolute atomic E-state index is 5.13. The maximum Gasteiger partial charge on any atom is 0.122 e. The summed E-state index contributed by atoms with van der Waals surface area (Å²) in [4.78, 5) is 5.13. The van der Waals surface area contributed by atoms with Gasteiger partial charge >= 0.3 is 0 Å². The van der Waals surface area contributed by atoms with Gasteiger partial charge in [0.2, 0.25) is 0 Å². The number of halogens is 1. The Labute approximate surface area is 185 Å². The average molecular weight is 453 g/mol. The lowest BCUT2D eigenvalue weighted by Gasteiger charge is -2.20. The molecule has 2 nitrogen and oxygen atoms in total. The summed E-state index contributed by atoms with van der Waals surface area (Å²) in [7, 11) is 0. The molecule has 4 aromatic carbocycles. The SMILES string of the molecule is Brc1ccc(Cn2c(C(c3ccccc3)c3ccccc3)nc3ccccc32)cc1. The van der Waals surface area contributed by atoms with E-state index < -0.39 is 0 Å². The number of imidazole rings is 1. The number of nitrogens with zero attached hydrogens (tertiary/aromatic N) is 2. The molecule has 5 rings (SSSR count). The molecule has 1 heterocycles. The van der Waals surface area contributed by atoms with E-state index in [-0.39, 0.29) is 5.92 Å². The molecule has 0 radical (unpaired) electrons. The first kappa shape index (κ1) is 18.8. The van der Waals surface area contributed by atoms with E-state index in [1.165, 1.54) is 16.7 Å². The van der Waals surface area contributed by atoms with Crippen molar-refractivity contribution in [2.75, 3.05) is 0 Å². The predicted molar refractivity (Wildman–Crippen MR) is 127 cm³/mol. The fraction of sp³-hybridized carbons (Fsp3) is 0.0741. The molecule has 0 aliphatic rings. The summed E-state index contributed by atoms with van der Waals surface area (Å²) in [5.74, 6) is 1.13. The summed E-state index contributed by atoms with van der Waals surface area (Å²) in [6, 6.07) is 38.3. The van der Waals surface area contributed by atoms with Crippen LogP contribution in [-0.4, -0.2) is 9.55 Å². The second-order valence-electron chi connectivity index (χ2n) is 7.43. The standard InChI is InChI=1S/C27H21BrN2/c28-23-17-15-20(16-18-23)19-30-25-14-8-7-13-24(25)29-27(30)26(21-9-3-1-4-10-21)22-11-5-2-6-12-22/h1-18,26H,19H2. The van der Waals surface area contributed by atoms with Gasteiger partial charge in [-0.3, -0.25) is 0 Å². The van der Waals surface area contributed by atoms with Crippen molar-refractivity contribution in [3.8, 4) is 0 Å². The third kappa shape index (κ3) is 3.69. The number of hydrogen-bond donors (Lipinski definition) is 0. The molecule has 0 N–H and O–H groups in total. The van der Waals surface area contributed by atoms with Gasteiger partial charge in [0.05, 0.1) is 17.0 Å². The third-order valence-corrected chi connectivity index (χ3v) is 5.99. The Kier molecular flexibility index (Phi) is 5.20. The molecule has 5 aromatic rings. The average Bonchev–Trinajstić information content (AvgIpc) is 3.15. The number of para-hydroxylation sites is 2. The van der Waals surface area contributed by atoms with Gasteiger partial charge < -0.3 is 4.57 Å². The zero-order valence-electron chi connectivity index (χ0n) is 16.4. The second-order valence-corrected chi connectivity index (χ2v) is 8.34. The van der Waals surface area contributed by atoms with E-state index in [0.29, 0.717) is 0 Å². The van der Waals surface area contributed by atoms with E-state index in [1.54, 1.807) is 0 Å². The predicted octanol–water partition coefficient (Wildman–Crippen LogP) is 7.03. The van der Waals surface area contributed by atoms with Gasteiger partial charge in [0.25, 0.3) is 0 Å². The Morgan fingerprint density at radius 3 is 1.87 bits per heavy atom. The van der Waals surface area contributed by atoms with E-state index in [0.717, 1.165) is 27.9 Å². The number of hydrogen-bond acceptors (Lipinski definition) is 1. The number of aromatic nitrogens is 2. The van der Waals surface area contributed by atoms with Gasteiger partial charge in [0, 0.05) is 11.0 Å². The van der Waals surface area contributed by atoms with Crippen molar-refractivity contribution in [2.45, 2.75) is 12.5 Å². The minimum absolute atomic E-state index is 0.0650. The highest BCUT2D eigenvalue weighted by molar-refractivity contribution is 9.10. The molecule has 0 atom stereocenters. The van der Waals surface area contributed by atoms with Crippen LogP contribution in [0.4, 0.5) is 0 Å². The Morgan fingerprint density at radius 2 is 1.23 bits per heavy atom. The zero-order chi connectivity index (χ0) is 20.3. The molecular formula is C27H21BrN2. The molecular weight excluding hydrogens is 432 g/mol. The van der Waals surface area contributed by atoms with Crippen LogP contribution in [0.3, 0.4) is 0 Å². The van der Waals surface area contributed by atoms with E-state index >= 15 is 0 Å². The molecule has 3 heteroatoms. The van der Waals surface area contributed by atoms with Crippen LogP contribution in [0.15, 0.2) is 114 Å². The van der Waals surface area contributed by atoms with Crippen molar-refractivity contribution >= 4 is 27.0 Å². The Balaban J connectivity index is 1.72. The molecule has 1 aromatic heterocycles. The van der Waals surface area contributed by atoms with Crippen molar-refractivity contribution in [1.82, 2.24) is 9.55 Å². The van der Waals surface area contributed by atoms with Crippen LogP contribution in [0, 0.1) is 0 Å². The van der Waals surface area contributed by atoms with Crippen LogP contribution in [0.25, 0.3) is 11.0 Å². The zero-order valence-corrected chi connectivity index (χ0v) is 18.0. The van der Waals surface area contributed by atoms with Crippen LogP contribution in [-0.2, 0) is 6.54 Å². The highest BCUT2D eigenvalue weighted by Gasteiger charge is 2.23. The topological polar surface area (TPSA) is 17.8 Å². The van der Waals surface area contributed by atoms with Gasteiger partial charge in [-0.05, 0) is 41.0 Å². The highest BCUT2D eigenvalue weighted by Crippen LogP contribution is 2.34. The third-order valence-electron chi connectivity index (χ3n) is 5.46. The molecule has 30 heavy (non-hydrogen) atoms. The van der Waals surface area contributed by atoms with E-state index in [9.17, 15) is 0 Å². The first-order valence-electron chi connectivity index (χ1n) is 10.1. The van der Waals surface area contributed by atoms with Gasteiger partial charge in [-0.2, -0.15) is 0 Å². The normalized spacial score (nSPS) is 11.3. The van der Waals surface area contributed by atoms with E-state index in [2.05, 4.69) is 130 Å². The molecule has 0 spiro atoms. The largest absolute Gasteiger partial charge is 0.323 e. The van der Waals surface area contributed by atoms with Crippen LogP contribution >= 0.6 is 15.9 Å².